The topological polar surface area (TPSA) is 98.7 Å². The Balaban J connectivity index is 1.88. The van der Waals surface area contributed by atoms with Crippen LogP contribution in [0.5, 0.6) is 11.5 Å². The Hall–Kier alpha value is -3.23. The van der Waals surface area contributed by atoms with Crippen molar-refractivity contribution in [1.29, 1.82) is 0 Å². The minimum atomic E-state index is -4.61. The monoisotopic (exact) mass is 366 g/mol. The van der Waals surface area contributed by atoms with Crippen LogP contribution in [0.15, 0.2) is 36.4 Å². The number of nitrogens with one attached hydrogen (secondary N) is 2. The van der Waals surface area contributed by atoms with Gasteiger partial charge in [0.2, 0.25) is 5.91 Å². The molecule has 0 unspecified atom stereocenters. The largest absolute Gasteiger partial charge is 0.504 e. The van der Waals surface area contributed by atoms with Crippen LogP contribution in [0, 0.1) is 0 Å². The summed E-state index contributed by atoms with van der Waals surface area (Å²) in [6, 6.07) is 5.33. The zero-order chi connectivity index (χ0) is 19.1. The first-order chi connectivity index (χ1) is 12.1. The molecule has 1 atom stereocenters. The van der Waals surface area contributed by atoms with E-state index in [4.69, 9.17) is 0 Å². The average Bonchev–Trinajstić information content (AvgIpc) is 2.67. The van der Waals surface area contributed by atoms with Crippen LogP contribution < -0.4 is 10.6 Å². The van der Waals surface area contributed by atoms with E-state index < -0.39 is 29.6 Å². The summed E-state index contributed by atoms with van der Waals surface area (Å²) in [5.74, 6) is -2.11. The number of amides is 2. The number of phenols is 2. The Morgan fingerprint density at radius 2 is 1.73 bits per heavy atom. The van der Waals surface area contributed by atoms with E-state index in [1.165, 1.54) is 18.2 Å². The van der Waals surface area contributed by atoms with Crippen molar-refractivity contribution in [2.75, 3.05) is 5.32 Å². The molecule has 0 fully saturated rings. The third-order valence-electron chi connectivity index (χ3n) is 3.95. The molecule has 4 N–H and O–H groups in total. The summed E-state index contributed by atoms with van der Waals surface area (Å²) in [4.78, 5) is 24.6. The van der Waals surface area contributed by atoms with Gasteiger partial charge in [-0.15, -0.1) is 0 Å². The number of benzene rings is 2. The van der Waals surface area contributed by atoms with E-state index in [0.717, 1.165) is 12.1 Å². The number of fused-ring (bicyclic) bond motifs is 1. The maximum Gasteiger partial charge on any atom is 0.416 e. The van der Waals surface area contributed by atoms with Crippen LogP contribution in [-0.4, -0.2) is 28.1 Å². The number of aromatic hydroxyl groups is 2. The van der Waals surface area contributed by atoms with Gasteiger partial charge in [-0.3, -0.25) is 9.59 Å². The van der Waals surface area contributed by atoms with Crippen molar-refractivity contribution in [1.82, 2.24) is 5.32 Å². The Kier molecular flexibility index (Phi) is 4.23. The van der Waals surface area contributed by atoms with Gasteiger partial charge in [-0.25, -0.2) is 0 Å². The van der Waals surface area contributed by atoms with Crippen molar-refractivity contribution in [2.24, 2.45) is 0 Å². The second-order valence-corrected chi connectivity index (χ2v) is 5.80. The standard InChI is InChI=1S/C17H13F3N2O4/c18-17(19,20)9-2-3-10-11(7-9)21-16(26)12(22-15(10)25)5-8-1-4-13(23)14(24)6-8/h1-4,6-7,12,23-24H,5H2,(H,21,26)(H,22,25)/t12-/m0/s1. The lowest BCUT2D eigenvalue weighted by Gasteiger charge is -2.15. The molecule has 2 aromatic rings. The summed E-state index contributed by atoms with van der Waals surface area (Å²) < 4.78 is 38.5. The van der Waals surface area contributed by atoms with Crippen LogP contribution in [0.2, 0.25) is 0 Å². The molecule has 0 saturated carbocycles. The third-order valence-corrected chi connectivity index (χ3v) is 3.95. The van der Waals surface area contributed by atoms with Gasteiger partial charge in [0.1, 0.15) is 6.04 Å². The van der Waals surface area contributed by atoms with Crippen molar-refractivity contribution >= 4 is 17.5 Å². The third kappa shape index (κ3) is 3.41. The Morgan fingerprint density at radius 3 is 2.38 bits per heavy atom. The minimum Gasteiger partial charge on any atom is -0.504 e. The van der Waals surface area contributed by atoms with Gasteiger partial charge in [0.15, 0.2) is 11.5 Å². The molecular formula is C17H13F3N2O4. The number of rotatable bonds is 2. The second-order valence-electron chi connectivity index (χ2n) is 5.80. The molecule has 1 aliphatic heterocycles. The number of halogens is 3. The number of carbonyl (C=O) groups excluding carboxylic acids is 2. The van der Waals surface area contributed by atoms with E-state index in [0.29, 0.717) is 11.6 Å². The van der Waals surface area contributed by atoms with Gasteiger partial charge in [-0.2, -0.15) is 13.2 Å². The molecule has 1 heterocycles. The number of hydrogen-bond acceptors (Lipinski definition) is 4. The van der Waals surface area contributed by atoms with Crippen LogP contribution in [0.3, 0.4) is 0 Å². The lowest BCUT2D eigenvalue weighted by Crippen LogP contribution is -2.42. The maximum atomic E-state index is 12.8. The van der Waals surface area contributed by atoms with Crippen molar-refractivity contribution in [3.05, 3.63) is 53.1 Å². The number of phenolic OH excluding ortho intramolecular Hbond substituents is 2. The molecule has 2 amide bonds. The van der Waals surface area contributed by atoms with Gasteiger partial charge in [0.05, 0.1) is 16.8 Å². The van der Waals surface area contributed by atoms with Gasteiger partial charge >= 0.3 is 6.18 Å². The number of hydrogen-bond donors (Lipinski definition) is 4. The molecule has 2 aromatic carbocycles. The van der Waals surface area contributed by atoms with Crippen LogP contribution in [0.1, 0.15) is 21.5 Å². The van der Waals surface area contributed by atoms with E-state index in [1.807, 2.05) is 0 Å². The summed E-state index contributed by atoms with van der Waals surface area (Å²) in [5, 5.41) is 23.6. The normalized spacial score (nSPS) is 17.1. The lowest BCUT2D eigenvalue weighted by atomic mass is 10.0. The Morgan fingerprint density at radius 1 is 1.00 bits per heavy atom. The molecule has 0 radical (unpaired) electrons. The fourth-order valence-electron chi connectivity index (χ4n) is 2.62. The fourth-order valence-corrected chi connectivity index (χ4v) is 2.62. The molecule has 3 rings (SSSR count). The van der Waals surface area contributed by atoms with Crippen LogP contribution in [0.25, 0.3) is 0 Å². The zero-order valence-corrected chi connectivity index (χ0v) is 13.1. The van der Waals surface area contributed by atoms with Crippen molar-refractivity contribution < 1.29 is 33.0 Å². The number of alkyl halides is 3. The predicted molar refractivity (Wildman–Crippen MR) is 84.8 cm³/mol. The van der Waals surface area contributed by atoms with Crippen LogP contribution in [0.4, 0.5) is 18.9 Å². The second kappa shape index (κ2) is 6.25. The van der Waals surface area contributed by atoms with Crippen LogP contribution >= 0.6 is 0 Å². The average molecular weight is 366 g/mol. The van der Waals surface area contributed by atoms with Gasteiger partial charge in [0.25, 0.3) is 5.91 Å². The molecule has 0 bridgehead atoms. The highest BCUT2D eigenvalue weighted by molar-refractivity contribution is 6.10. The molecule has 0 saturated heterocycles. The first-order valence-corrected chi connectivity index (χ1v) is 7.49. The van der Waals surface area contributed by atoms with Crippen molar-refractivity contribution in [3.63, 3.8) is 0 Å². The van der Waals surface area contributed by atoms with Crippen molar-refractivity contribution in [2.45, 2.75) is 18.6 Å². The fraction of sp³-hybridized carbons (Fsp3) is 0.176. The molecule has 26 heavy (non-hydrogen) atoms. The molecule has 6 nitrogen and oxygen atoms in total. The molecule has 9 heteroatoms. The summed E-state index contributed by atoms with van der Waals surface area (Å²) in [6.45, 7) is 0. The highest BCUT2D eigenvalue weighted by Gasteiger charge is 2.34. The molecule has 136 valence electrons. The summed E-state index contributed by atoms with van der Waals surface area (Å²) in [6.07, 6.45) is -4.63. The van der Waals surface area contributed by atoms with E-state index in [-0.39, 0.29) is 29.2 Å². The smallest absolute Gasteiger partial charge is 0.416 e. The Bertz CT molecular complexity index is 896. The first kappa shape index (κ1) is 17.6. The SMILES string of the molecule is O=C1N[C@@H](Cc2ccc(O)c(O)c2)C(=O)Nc2cc(C(F)(F)F)ccc21. The van der Waals surface area contributed by atoms with E-state index in [9.17, 15) is 33.0 Å². The Labute approximate surface area is 145 Å². The lowest BCUT2D eigenvalue weighted by molar-refractivity contribution is -0.137. The van der Waals surface area contributed by atoms with Gasteiger partial charge in [0, 0.05) is 6.42 Å². The maximum absolute atomic E-state index is 12.8. The van der Waals surface area contributed by atoms with Gasteiger partial charge < -0.3 is 20.8 Å². The summed E-state index contributed by atoms with van der Waals surface area (Å²) in [7, 11) is 0. The first-order valence-electron chi connectivity index (χ1n) is 7.49. The zero-order valence-electron chi connectivity index (χ0n) is 13.1. The van der Waals surface area contributed by atoms with E-state index in [1.54, 1.807) is 0 Å². The molecule has 0 spiro atoms. The highest BCUT2D eigenvalue weighted by Crippen LogP contribution is 2.33. The van der Waals surface area contributed by atoms with Crippen LogP contribution in [-0.2, 0) is 17.4 Å². The number of carbonyl (C=O) groups is 2. The quantitative estimate of drug-likeness (QED) is 0.614. The highest BCUT2D eigenvalue weighted by atomic mass is 19.4. The molecular weight excluding hydrogens is 353 g/mol. The molecule has 0 aromatic heterocycles. The predicted octanol–water partition coefficient (Wildman–Crippen LogP) is 2.41. The molecule has 0 aliphatic carbocycles. The van der Waals surface area contributed by atoms with E-state index in [2.05, 4.69) is 10.6 Å². The minimum absolute atomic E-state index is 0.0223. The molecule has 1 aliphatic rings. The van der Waals surface area contributed by atoms with Gasteiger partial charge in [-0.05, 0) is 35.9 Å². The summed E-state index contributed by atoms with van der Waals surface area (Å²) in [5.41, 5.74) is -0.838. The van der Waals surface area contributed by atoms with Crippen molar-refractivity contribution in [3.8, 4) is 11.5 Å². The summed E-state index contributed by atoms with van der Waals surface area (Å²) >= 11 is 0. The van der Waals surface area contributed by atoms with Gasteiger partial charge in [-0.1, -0.05) is 6.07 Å². The van der Waals surface area contributed by atoms with E-state index >= 15 is 0 Å². The number of anilines is 1.